The number of hydrogen-bond donors (Lipinski definition) is 0. The molecule has 72 valence electrons. The second-order valence-electron chi connectivity index (χ2n) is 4.00. The van der Waals surface area contributed by atoms with Crippen LogP contribution in [0.3, 0.4) is 0 Å². The Morgan fingerprint density at radius 1 is 1.23 bits per heavy atom. The molecule has 0 bridgehead atoms. The maximum absolute atomic E-state index is 11.3. The minimum Gasteiger partial charge on any atom is -0.454 e. The number of esters is 1. The molecular weight excluding hydrogens is 164 g/mol. The molecule has 0 radical (unpaired) electrons. The predicted octanol–water partition coefficient (Wildman–Crippen LogP) is 2.58. The van der Waals surface area contributed by atoms with Gasteiger partial charge in [0.1, 0.15) is 6.10 Å². The van der Waals surface area contributed by atoms with Gasteiger partial charge in [-0.15, -0.1) is 0 Å². The van der Waals surface area contributed by atoms with Gasteiger partial charge in [0.25, 0.3) is 0 Å². The van der Waals surface area contributed by atoms with E-state index in [1.54, 1.807) is 0 Å². The van der Waals surface area contributed by atoms with Crippen molar-refractivity contribution >= 4 is 5.97 Å². The second-order valence-corrected chi connectivity index (χ2v) is 4.00. The number of ether oxygens (including phenoxy) is 1. The largest absolute Gasteiger partial charge is 0.454 e. The highest BCUT2D eigenvalue weighted by Crippen LogP contribution is 2.32. The minimum absolute atomic E-state index is 0.0816. The summed E-state index contributed by atoms with van der Waals surface area (Å²) in [5.41, 5.74) is 2.16. The highest BCUT2D eigenvalue weighted by atomic mass is 16.5. The van der Waals surface area contributed by atoms with Gasteiger partial charge in [-0.2, -0.15) is 0 Å². The van der Waals surface area contributed by atoms with Crippen molar-refractivity contribution in [3.63, 3.8) is 0 Å². The van der Waals surface area contributed by atoms with E-state index in [2.05, 4.69) is 0 Å². The molecule has 2 aliphatic rings. The molecule has 1 heterocycles. The average Bonchev–Trinajstić information content (AvgIpc) is 2.31. The number of rotatable bonds is 0. The van der Waals surface area contributed by atoms with Crippen LogP contribution in [0.1, 0.15) is 45.4 Å². The highest BCUT2D eigenvalue weighted by Gasteiger charge is 2.30. The molecule has 1 aliphatic heterocycles. The third-order valence-corrected chi connectivity index (χ3v) is 3.09. The lowest BCUT2D eigenvalue weighted by atomic mass is 9.92. The topological polar surface area (TPSA) is 26.3 Å². The molecule has 2 heteroatoms. The lowest BCUT2D eigenvalue weighted by Crippen LogP contribution is -2.13. The Bertz CT molecular complexity index is 253. The highest BCUT2D eigenvalue weighted by molar-refractivity contribution is 5.91. The Morgan fingerprint density at radius 2 is 2.00 bits per heavy atom. The molecule has 1 atom stereocenters. The van der Waals surface area contributed by atoms with Gasteiger partial charge in [-0.05, 0) is 38.2 Å². The fraction of sp³-hybridized carbons (Fsp3) is 0.727. The summed E-state index contributed by atoms with van der Waals surface area (Å²) in [4.78, 5) is 11.3. The fourth-order valence-corrected chi connectivity index (χ4v) is 2.24. The van der Waals surface area contributed by atoms with Crippen LogP contribution in [0.2, 0.25) is 0 Å². The quantitative estimate of drug-likeness (QED) is 0.535. The van der Waals surface area contributed by atoms with Crippen molar-refractivity contribution in [2.45, 2.75) is 51.6 Å². The zero-order valence-electron chi connectivity index (χ0n) is 8.14. The summed E-state index contributed by atoms with van der Waals surface area (Å²) in [7, 11) is 0. The molecule has 2 nitrogen and oxygen atoms in total. The van der Waals surface area contributed by atoms with Gasteiger partial charge >= 0.3 is 5.97 Å². The van der Waals surface area contributed by atoms with Crippen molar-refractivity contribution in [1.29, 1.82) is 0 Å². The van der Waals surface area contributed by atoms with Crippen molar-refractivity contribution in [1.82, 2.24) is 0 Å². The van der Waals surface area contributed by atoms with Gasteiger partial charge in [0, 0.05) is 5.57 Å². The number of carbonyl (C=O) groups excluding carboxylic acids is 1. The zero-order chi connectivity index (χ0) is 9.26. The third kappa shape index (κ3) is 1.62. The molecule has 0 saturated heterocycles. The average molecular weight is 180 g/mol. The van der Waals surface area contributed by atoms with Gasteiger partial charge in [0.15, 0.2) is 0 Å². The fourth-order valence-electron chi connectivity index (χ4n) is 2.24. The van der Waals surface area contributed by atoms with E-state index >= 15 is 0 Å². The van der Waals surface area contributed by atoms with E-state index in [1.807, 2.05) is 6.92 Å². The molecule has 1 saturated carbocycles. The first-order valence-electron chi connectivity index (χ1n) is 5.19. The van der Waals surface area contributed by atoms with Gasteiger partial charge in [-0.3, -0.25) is 0 Å². The Balaban J connectivity index is 2.17. The SMILES string of the molecule is CC1=C2CCCCCCC2OC1=O. The number of fused-ring (bicyclic) bond motifs is 1. The molecule has 0 aromatic rings. The lowest BCUT2D eigenvalue weighted by Gasteiger charge is -2.17. The monoisotopic (exact) mass is 180 g/mol. The van der Waals surface area contributed by atoms with Crippen LogP contribution in [-0.2, 0) is 9.53 Å². The van der Waals surface area contributed by atoms with E-state index in [0.717, 1.165) is 18.4 Å². The first-order chi connectivity index (χ1) is 6.29. The smallest absolute Gasteiger partial charge is 0.334 e. The predicted molar refractivity (Wildman–Crippen MR) is 50.3 cm³/mol. The maximum Gasteiger partial charge on any atom is 0.334 e. The van der Waals surface area contributed by atoms with Crippen molar-refractivity contribution < 1.29 is 9.53 Å². The summed E-state index contributed by atoms with van der Waals surface area (Å²) in [5.74, 6) is -0.0816. The van der Waals surface area contributed by atoms with Crippen LogP contribution in [-0.4, -0.2) is 12.1 Å². The van der Waals surface area contributed by atoms with Crippen LogP contribution in [0.25, 0.3) is 0 Å². The molecule has 2 rings (SSSR count). The van der Waals surface area contributed by atoms with Crippen molar-refractivity contribution in [2.75, 3.05) is 0 Å². The Kier molecular flexibility index (Phi) is 2.38. The lowest BCUT2D eigenvalue weighted by molar-refractivity contribution is -0.140. The van der Waals surface area contributed by atoms with Gasteiger partial charge < -0.3 is 4.74 Å². The van der Waals surface area contributed by atoms with Crippen molar-refractivity contribution in [3.05, 3.63) is 11.1 Å². The number of hydrogen-bond acceptors (Lipinski definition) is 2. The molecular formula is C11H16O2. The zero-order valence-corrected chi connectivity index (χ0v) is 8.14. The van der Waals surface area contributed by atoms with Crippen LogP contribution in [0.15, 0.2) is 11.1 Å². The van der Waals surface area contributed by atoms with Crippen LogP contribution < -0.4 is 0 Å². The summed E-state index contributed by atoms with van der Waals surface area (Å²) in [6.07, 6.45) is 7.26. The minimum atomic E-state index is -0.0816. The van der Waals surface area contributed by atoms with Gasteiger partial charge in [0.2, 0.25) is 0 Å². The van der Waals surface area contributed by atoms with E-state index in [0.29, 0.717) is 0 Å². The Morgan fingerprint density at radius 3 is 2.85 bits per heavy atom. The van der Waals surface area contributed by atoms with Crippen LogP contribution in [0.5, 0.6) is 0 Å². The second kappa shape index (κ2) is 3.52. The summed E-state index contributed by atoms with van der Waals surface area (Å²) in [5, 5.41) is 0. The first-order valence-corrected chi connectivity index (χ1v) is 5.19. The van der Waals surface area contributed by atoms with E-state index in [1.165, 1.54) is 31.3 Å². The first kappa shape index (κ1) is 8.79. The summed E-state index contributed by atoms with van der Waals surface area (Å²) in [6.45, 7) is 1.90. The molecule has 13 heavy (non-hydrogen) atoms. The molecule has 1 aliphatic carbocycles. The van der Waals surface area contributed by atoms with Gasteiger partial charge in [-0.25, -0.2) is 4.79 Å². The van der Waals surface area contributed by atoms with E-state index < -0.39 is 0 Å². The molecule has 0 N–H and O–H groups in total. The molecule has 0 spiro atoms. The molecule has 0 amide bonds. The third-order valence-electron chi connectivity index (χ3n) is 3.09. The van der Waals surface area contributed by atoms with Crippen LogP contribution >= 0.6 is 0 Å². The van der Waals surface area contributed by atoms with Crippen molar-refractivity contribution in [2.24, 2.45) is 0 Å². The van der Waals surface area contributed by atoms with E-state index in [-0.39, 0.29) is 12.1 Å². The number of carbonyl (C=O) groups is 1. The Labute approximate surface area is 79.0 Å². The van der Waals surface area contributed by atoms with Gasteiger partial charge in [0.05, 0.1) is 0 Å². The molecule has 0 aromatic carbocycles. The summed E-state index contributed by atoms with van der Waals surface area (Å²) in [6, 6.07) is 0. The van der Waals surface area contributed by atoms with Crippen molar-refractivity contribution in [3.8, 4) is 0 Å². The molecule has 0 aromatic heterocycles. The summed E-state index contributed by atoms with van der Waals surface area (Å²) >= 11 is 0. The normalized spacial score (nSPS) is 29.3. The van der Waals surface area contributed by atoms with E-state index in [9.17, 15) is 4.79 Å². The van der Waals surface area contributed by atoms with Crippen LogP contribution in [0.4, 0.5) is 0 Å². The maximum atomic E-state index is 11.3. The van der Waals surface area contributed by atoms with Crippen LogP contribution in [0, 0.1) is 0 Å². The summed E-state index contributed by atoms with van der Waals surface area (Å²) < 4.78 is 5.30. The standard InChI is InChI=1S/C11H16O2/c1-8-9-6-4-2-3-5-7-10(9)13-11(8)12/h10H,2-7H2,1H3. The molecule has 1 fully saturated rings. The Hall–Kier alpha value is -0.790. The molecule has 1 unspecified atom stereocenters. The van der Waals surface area contributed by atoms with E-state index in [4.69, 9.17) is 4.74 Å². The van der Waals surface area contributed by atoms with Gasteiger partial charge in [-0.1, -0.05) is 12.8 Å².